The van der Waals surface area contributed by atoms with E-state index < -0.39 is 8.43 Å². The highest BCUT2D eigenvalue weighted by atomic mass is 35.6. The average molecular weight is 191 g/mol. The SMILES string of the molecule is CCCCN1C=CN(C)[SiH]1Cl. The minimum absolute atomic E-state index is 1.12. The van der Waals surface area contributed by atoms with Gasteiger partial charge in [0.05, 0.1) is 0 Å². The first-order chi connectivity index (χ1) is 5.25. The van der Waals surface area contributed by atoms with Gasteiger partial charge in [-0.05, 0) is 13.5 Å². The van der Waals surface area contributed by atoms with Crippen LogP contribution in [0.25, 0.3) is 0 Å². The van der Waals surface area contributed by atoms with Gasteiger partial charge in [0, 0.05) is 18.9 Å². The Morgan fingerprint density at radius 1 is 1.45 bits per heavy atom. The third kappa shape index (κ3) is 2.14. The van der Waals surface area contributed by atoms with Crippen LogP contribution in [0.4, 0.5) is 0 Å². The van der Waals surface area contributed by atoms with Crippen LogP contribution in [0.15, 0.2) is 12.4 Å². The number of unbranched alkanes of at least 4 members (excludes halogenated alkanes) is 1. The zero-order valence-electron chi connectivity index (χ0n) is 7.13. The van der Waals surface area contributed by atoms with E-state index in [1.54, 1.807) is 0 Å². The maximum atomic E-state index is 6.19. The molecule has 0 aromatic rings. The second kappa shape index (κ2) is 4.02. The van der Waals surface area contributed by atoms with Gasteiger partial charge >= 0.3 is 8.43 Å². The molecule has 0 amide bonds. The van der Waals surface area contributed by atoms with Crippen molar-refractivity contribution in [3.05, 3.63) is 12.4 Å². The van der Waals surface area contributed by atoms with Crippen molar-refractivity contribution in [2.75, 3.05) is 13.6 Å². The number of hydrogen-bond acceptors (Lipinski definition) is 2. The van der Waals surface area contributed by atoms with Crippen molar-refractivity contribution in [2.24, 2.45) is 0 Å². The van der Waals surface area contributed by atoms with Crippen LogP contribution in [0.2, 0.25) is 0 Å². The maximum absolute atomic E-state index is 6.19. The molecule has 0 bridgehead atoms. The van der Waals surface area contributed by atoms with Crippen LogP contribution in [-0.2, 0) is 0 Å². The molecule has 0 saturated carbocycles. The van der Waals surface area contributed by atoms with E-state index in [1.807, 2.05) is 7.05 Å². The molecule has 0 aliphatic carbocycles. The summed E-state index contributed by atoms with van der Waals surface area (Å²) in [5, 5.41) is 0. The third-order valence-electron chi connectivity index (χ3n) is 1.87. The van der Waals surface area contributed by atoms with E-state index in [4.69, 9.17) is 11.1 Å². The molecule has 1 aliphatic rings. The molecule has 0 aromatic heterocycles. The molecule has 11 heavy (non-hydrogen) atoms. The average Bonchev–Trinajstić information content (AvgIpc) is 2.31. The summed E-state index contributed by atoms with van der Waals surface area (Å²) in [6.07, 6.45) is 6.67. The van der Waals surface area contributed by atoms with Crippen molar-refractivity contribution < 1.29 is 0 Å². The Labute approximate surface area is 74.9 Å². The Kier molecular flexibility index (Phi) is 3.27. The monoisotopic (exact) mass is 190 g/mol. The van der Waals surface area contributed by atoms with Gasteiger partial charge in [0.25, 0.3) is 0 Å². The Hall–Kier alpha value is -0.153. The third-order valence-corrected chi connectivity index (χ3v) is 5.37. The lowest BCUT2D eigenvalue weighted by molar-refractivity contribution is 0.540. The molecule has 0 aromatic carbocycles. The summed E-state index contributed by atoms with van der Waals surface area (Å²) in [5.74, 6) is 0. The van der Waals surface area contributed by atoms with Gasteiger partial charge in [0.15, 0.2) is 0 Å². The van der Waals surface area contributed by atoms with Crippen molar-refractivity contribution in [1.82, 2.24) is 9.13 Å². The molecule has 2 nitrogen and oxygen atoms in total. The minimum Gasteiger partial charge on any atom is -0.379 e. The van der Waals surface area contributed by atoms with Crippen LogP contribution < -0.4 is 0 Å². The second-order valence-corrected chi connectivity index (χ2v) is 6.14. The molecule has 1 unspecified atom stereocenters. The predicted molar refractivity (Wildman–Crippen MR) is 51.5 cm³/mol. The standard InChI is InChI=1S/C7H15ClN2Si/c1-3-4-5-10-7-6-9(2)11(10)8/h6-7,11H,3-5H2,1-2H3. The Balaban J connectivity index is 2.31. The maximum Gasteiger partial charge on any atom is 0.348 e. The summed E-state index contributed by atoms with van der Waals surface area (Å²) in [7, 11) is 0.786. The number of halogens is 1. The molecule has 0 saturated heterocycles. The zero-order chi connectivity index (χ0) is 8.27. The second-order valence-electron chi connectivity index (χ2n) is 2.87. The van der Waals surface area contributed by atoms with E-state index in [0.717, 1.165) is 6.54 Å². The van der Waals surface area contributed by atoms with Crippen LogP contribution in [0, 0.1) is 0 Å². The Morgan fingerprint density at radius 3 is 2.64 bits per heavy atom. The van der Waals surface area contributed by atoms with Crippen LogP contribution in [0.5, 0.6) is 0 Å². The lowest BCUT2D eigenvalue weighted by Gasteiger charge is -2.22. The Bertz CT molecular complexity index is 151. The Morgan fingerprint density at radius 2 is 2.18 bits per heavy atom. The molecule has 1 atom stereocenters. The first-order valence-electron chi connectivity index (χ1n) is 4.05. The summed E-state index contributed by atoms with van der Waals surface area (Å²) >= 11 is 6.19. The van der Waals surface area contributed by atoms with Crippen LogP contribution in [0.3, 0.4) is 0 Å². The molecular weight excluding hydrogens is 176 g/mol. The van der Waals surface area contributed by atoms with E-state index >= 15 is 0 Å². The molecule has 1 heterocycles. The fourth-order valence-electron chi connectivity index (χ4n) is 1.09. The molecule has 64 valence electrons. The molecular formula is C7H15ClN2Si. The van der Waals surface area contributed by atoms with Gasteiger partial charge in [-0.15, -0.1) is 11.1 Å². The van der Waals surface area contributed by atoms with Gasteiger partial charge in [0.1, 0.15) is 0 Å². The van der Waals surface area contributed by atoms with E-state index in [2.05, 4.69) is 28.5 Å². The highest BCUT2D eigenvalue weighted by Crippen LogP contribution is 2.13. The fraction of sp³-hybridized carbons (Fsp3) is 0.714. The molecule has 1 aliphatic heterocycles. The number of hydrogen-bond donors (Lipinski definition) is 0. The summed E-state index contributed by atoms with van der Waals surface area (Å²) in [4.78, 5) is 0. The smallest absolute Gasteiger partial charge is 0.348 e. The van der Waals surface area contributed by atoms with E-state index in [9.17, 15) is 0 Å². The van der Waals surface area contributed by atoms with Crippen LogP contribution in [0.1, 0.15) is 19.8 Å². The van der Waals surface area contributed by atoms with Gasteiger partial charge in [-0.1, -0.05) is 13.3 Å². The molecule has 4 heteroatoms. The zero-order valence-corrected chi connectivity index (χ0v) is 9.04. The van der Waals surface area contributed by atoms with E-state index in [-0.39, 0.29) is 0 Å². The normalized spacial score (nSPS) is 23.4. The van der Waals surface area contributed by atoms with Crippen molar-refractivity contribution in [2.45, 2.75) is 19.8 Å². The van der Waals surface area contributed by atoms with Gasteiger partial charge in [-0.25, -0.2) is 0 Å². The van der Waals surface area contributed by atoms with Crippen molar-refractivity contribution in [1.29, 1.82) is 0 Å². The van der Waals surface area contributed by atoms with Crippen LogP contribution in [-0.4, -0.2) is 31.2 Å². The largest absolute Gasteiger partial charge is 0.379 e. The molecule has 0 radical (unpaired) electrons. The predicted octanol–water partition coefficient (Wildman–Crippen LogP) is 1.46. The lowest BCUT2D eigenvalue weighted by Crippen LogP contribution is -2.37. The molecule has 0 N–H and O–H groups in total. The molecule has 0 fully saturated rings. The summed E-state index contributed by atoms with van der Waals surface area (Å²) in [6, 6.07) is 0. The van der Waals surface area contributed by atoms with Crippen molar-refractivity contribution >= 4 is 19.5 Å². The highest BCUT2D eigenvalue weighted by molar-refractivity contribution is 7.04. The topological polar surface area (TPSA) is 6.48 Å². The minimum atomic E-state index is -1.26. The van der Waals surface area contributed by atoms with Crippen LogP contribution >= 0.6 is 11.1 Å². The first-order valence-corrected chi connectivity index (χ1v) is 6.83. The fourth-order valence-corrected chi connectivity index (χ4v) is 3.07. The summed E-state index contributed by atoms with van der Waals surface area (Å²) in [6.45, 7) is 3.33. The van der Waals surface area contributed by atoms with Gasteiger partial charge in [-0.3, -0.25) is 0 Å². The number of rotatable bonds is 3. The number of nitrogens with zero attached hydrogens (tertiary/aromatic N) is 2. The molecule has 1 rings (SSSR count). The summed E-state index contributed by atoms with van der Waals surface area (Å²) < 4.78 is 4.42. The van der Waals surface area contributed by atoms with E-state index in [1.165, 1.54) is 12.8 Å². The van der Waals surface area contributed by atoms with Gasteiger partial charge in [-0.2, -0.15) is 0 Å². The van der Waals surface area contributed by atoms with Gasteiger partial charge in [0.2, 0.25) is 0 Å². The van der Waals surface area contributed by atoms with Gasteiger partial charge < -0.3 is 9.13 Å². The highest BCUT2D eigenvalue weighted by Gasteiger charge is 2.22. The summed E-state index contributed by atoms with van der Waals surface area (Å²) in [5.41, 5.74) is 0. The van der Waals surface area contributed by atoms with Crippen molar-refractivity contribution in [3.63, 3.8) is 0 Å². The van der Waals surface area contributed by atoms with E-state index in [0.29, 0.717) is 0 Å². The lowest BCUT2D eigenvalue weighted by atomic mass is 10.3. The van der Waals surface area contributed by atoms with Crippen molar-refractivity contribution in [3.8, 4) is 0 Å². The first kappa shape index (κ1) is 8.94. The quantitative estimate of drug-likeness (QED) is 0.491. The molecule has 0 spiro atoms.